The molecule has 0 aromatic carbocycles. The van der Waals surface area contributed by atoms with Crippen LogP contribution in [0.1, 0.15) is 51.3 Å². The third-order valence-electron chi connectivity index (χ3n) is 5.97. The predicted octanol–water partition coefficient (Wildman–Crippen LogP) is 2.89. The molecule has 6 nitrogen and oxygen atoms in total. The van der Waals surface area contributed by atoms with Crippen LogP contribution in [-0.2, 0) is 6.42 Å². The van der Waals surface area contributed by atoms with Gasteiger partial charge in [0, 0.05) is 38.8 Å². The third kappa shape index (κ3) is 3.55. The number of hydrogen-bond acceptors (Lipinski definition) is 3. The van der Waals surface area contributed by atoms with E-state index in [0.717, 1.165) is 43.5 Å². The lowest BCUT2D eigenvalue weighted by molar-refractivity contribution is 0.203. The Kier molecular flexibility index (Phi) is 5.09. The largest absolute Gasteiger partial charge is 0.357 e. The Hall–Kier alpha value is -2.11. The van der Waals surface area contributed by atoms with Gasteiger partial charge in [-0.15, -0.1) is 10.2 Å². The maximum absolute atomic E-state index is 4.91. The van der Waals surface area contributed by atoms with Gasteiger partial charge in [-0.1, -0.05) is 25.3 Å². The number of likely N-dealkylation sites (tertiary alicyclic amines) is 1. The minimum absolute atomic E-state index is 0.553. The fourth-order valence-electron chi connectivity index (χ4n) is 4.57. The minimum atomic E-state index is 0.553. The highest BCUT2D eigenvalue weighted by Gasteiger charge is 2.39. The molecule has 140 valence electrons. The SMILES string of the molecule is CCNC(=NCCc1nnc2ccccn12)N1CCC2(CCCCC2)C1. The highest BCUT2D eigenvalue weighted by molar-refractivity contribution is 5.80. The Morgan fingerprint density at radius 2 is 2.08 bits per heavy atom. The molecule has 2 fully saturated rings. The molecule has 4 rings (SSSR count). The molecule has 0 unspecified atom stereocenters. The van der Waals surface area contributed by atoms with Crippen LogP contribution >= 0.6 is 0 Å². The van der Waals surface area contributed by atoms with Crippen LogP contribution in [0.2, 0.25) is 0 Å². The van der Waals surface area contributed by atoms with E-state index in [0.29, 0.717) is 5.41 Å². The summed E-state index contributed by atoms with van der Waals surface area (Å²) in [5.41, 5.74) is 1.45. The van der Waals surface area contributed by atoms with Crippen molar-refractivity contribution in [3.63, 3.8) is 0 Å². The van der Waals surface area contributed by atoms with Gasteiger partial charge >= 0.3 is 0 Å². The molecule has 1 aliphatic carbocycles. The number of guanidine groups is 1. The molecule has 2 aliphatic rings. The fourth-order valence-corrected chi connectivity index (χ4v) is 4.57. The van der Waals surface area contributed by atoms with E-state index < -0.39 is 0 Å². The van der Waals surface area contributed by atoms with Gasteiger partial charge in [0.25, 0.3) is 0 Å². The van der Waals surface area contributed by atoms with Gasteiger partial charge in [-0.3, -0.25) is 9.39 Å². The fraction of sp³-hybridized carbons (Fsp3) is 0.650. The van der Waals surface area contributed by atoms with Crippen molar-refractivity contribution in [2.75, 3.05) is 26.2 Å². The molecule has 2 aromatic rings. The van der Waals surface area contributed by atoms with Gasteiger partial charge in [0.15, 0.2) is 11.6 Å². The summed E-state index contributed by atoms with van der Waals surface area (Å²) in [4.78, 5) is 7.39. The van der Waals surface area contributed by atoms with Crippen molar-refractivity contribution in [3.8, 4) is 0 Å². The average Bonchev–Trinajstić information content (AvgIpc) is 3.27. The molecule has 0 amide bonds. The van der Waals surface area contributed by atoms with Crippen LogP contribution in [0.5, 0.6) is 0 Å². The van der Waals surface area contributed by atoms with E-state index in [2.05, 4.69) is 31.7 Å². The number of hydrogen-bond donors (Lipinski definition) is 1. The van der Waals surface area contributed by atoms with Crippen molar-refractivity contribution in [2.45, 2.75) is 51.9 Å². The summed E-state index contributed by atoms with van der Waals surface area (Å²) in [6.07, 6.45) is 11.2. The summed E-state index contributed by atoms with van der Waals surface area (Å²) in [6.45, 7) is 6.11. The molecule has 26 heavy (non-hydrogen) atoms. The molecule has 0 atom stereocenters. The summed E-state index contributed by atoms with van der Waals surface area (Å²) in [5.74, 6) is 2.05. The standard InChI is InChI=1S/C20H30N6/c1-2-21-19(25-15-12-20(16-25)10-5-3-6-11-20)22-13-9-18-24-23-17-8-4-7-14-26(17)18/h4,7-8,14H,2-3,5-6,9-13,15-16H2,1H3,(H,21,22). The van der Waals surface area contributed by atoms with Gasteiger partial charge in [0.2, 0.25) is 0 Å². The summed E-state index contributed by atoms with van der Waals surface area (Å²) in [5, 5.41) is 12.0. The summed E-state index contributed by atoms with van der Waals surface area (Å²) >= 11 is 0. The van der Waals surface area contributed by atoms with E-state index in [4.69, 9.17) is 4.99 Å². The molecule has 0 bridgehead atoms. The summed E-state index contributed by atoms with van der Waals surface area (Å²) in [7, 11) is 0. The van der Waals surface area contributed by atoms with E-state index in [1.165, 1.54) is 45.1 Å². The average molecular weight is 355 g/mol. The molecule has 1 N–H and O–H groups in total. The van der Waals surface area contributed by atoms with Crippen LogP contribution in [-0.4, -0.2) is 51.6 Å². The Morgan fingerprint density at radius 1 is 1.19 bits per heavy atom. The molecular formula is C20H30N6. The van der Waals surface area contributed by atoms with E-state index >= 15 is 0 Å². The van der Waals surface area contributed by atoms with Crippen molar-refractivity contribution in [1.29, 1.82) is 0 Å². The molecule has 3 heterocycles. The Bertz CT molecular complexity index is 759. The second-order valence-electron chi connectivity index (χ2n) is 7.76. The number of pyridine rings is 1. The van der Waals surface area contributed by atoms with E-state index in [1.54, 1.807) is 0 Å². The van der Waals surface area contributed by atoms with Crippen molar-refractivity contribution in [3.05, 3.63) is 30.2 Å². The molecule has 6 heteroatoms. The molecule has 0 radical (unpaired) electrons. The van der Waals surface area contributed by atoms with Gasteiger partial charge in [0.05, 0.1) is 0 Å². The third-order valence-corrected chi connectivity index (χ3v) is 5.97. The maximum atomic E-state index is 4.91. The van der Waals surface area contributed by atoms with Crippen molar-refractivity contribution in [2.24, 2.45) is 10.4 Å². The second kappa shape index (κ2) is 7.64. The first-order valence-electron chi connectivity index (χ1n) is 10.1. The van der Waals surface area contributed by atoms with E-state index in [9.17, 15) is 0 Å². The van der Waals surface area contributed by atoms with E-state index in [-0.39, 0.29) is 0 Å². The number of rotatable bonds is 4. The van der Waals surface area contributed by atoms with Crippen LogP contribution in [0.4, 0.5) is 0 Å². The zero-order valence-electron chi connectivity index (χ0n) is 15.8. The molecule has 1 aliphatic heterocycles. The lowest BCUT2D eigenvalue weighted by Gasteiger charge is -2.33. The Labute approximate surface area is 155 Å². The Balaban J connectivity index is 1.41. The molecule has 1 saturated carbocycles. The zero-order valence-corrected chi connectivity index (χ0v) is 15.8. The Morgan fingerprint density at radius 3 is 2.92 bits per heavy atom. The number of nitrogens with one attached hydrogen (secondary N) is 1. The van der Waals surface area contributed by atoms with Gasteiger partial charge in [-0.2, -0.15) is 0 Å². The minimum Gasteiger partial charge on any atom is -0.357 e. The van der Waals surface area contributed by atoms with Crippen LogP contribution < -0.4 is 5.32 Å². The van der Waals surface area contributed by atoms with Crippen LogP contribution in [0.3, 0.4) is 0 Å². The first-order chi connectivity index (χ1) is 12.8. The first kappa shape index (κ1) is 17.3. The molecule has 1 saturated heterocycles. The van der Waals surface area contributed by atoms with Gasteiger partial charge < -0.3 is 10.2 Å². The normalized spacial score (nSPS) is 20.2. The van der Waals surface area contributed by atoms with Crippen molar-refractivity contribution < 1.29 is 0 Å². The summed E-state index contributed by atoms with van der Waals surface area (Å²) in [6, 6.07) is 5.99. The highest BCUT2D eigenvalue weighted by atomic mass is 15.3. The van der Waals surface area contributed by atoms with Gasteiger partial charge in [-0.25, -0.2) is 0 Å². The quantitative estimate of drug-likeness (QED) is 0.677. The number of fused-ring (bicyclic) bond motifs is 1. The number of aliphatic imine (C=N–C) groups is 1. The maximum Gasteiger partial charge on any atom is 0.193 e. The number of aromatic nitrogens is 3. The van der Waals surface area contributed by atoms with Crippen molar-refractivity contribution >= 4 is 11.6 Å². The lowest BCUT2D eigenvalue weighted by atomic mass is 9.73. The van der Waals surface area contributed by atoms with E-state index in [1.807, 2.05) is 24.4 Å². The lowest BCUT2D eigenvalue weighted by Crippen LogP contribution is -2.41. The number of nitrogens with zero attached hydrogens (tertiary/aromatic N) is 5. The van der Waals surface area contributed by atoms with Crippen LogP contribution in [0.15, 0.2) is 29.4 Å². The second-order valence-corrected chi connectivity index (χ2v) is 7.76. The predicted molar refractivity (Wildman–Crippen MR) is 104 cm³/mol. The van der Waals surface area contributed by atoms with Gasteiger partial charge in [0.1, 0.15) is 5.82 Å². The van der Waals surface area contributed by atoms with Crippen LogP contribution in [0, 0.1) is 5.41 Å². The zero-order chi connectivity index (χ0) is 17.8. The molecule has 2 aromatic heterocycles. The molecule has 1 spiro atoms. The van der Waals surface area contributed by atoms with Crippen LogP contribution in [0.25, 0.3) is 5.65 Å². The van der Waals surface area contributed by atoms with Crippen molar-refractivity contribution in [1.82, 2.24) is 24.8 Å². The summed E-state index contributed by atoms with van der Waals surface area (Å²) < 4.78 is 2.05. The smallest absolute Gasteiger partial charge is 0.193 e. The highest BCUT2D eigenvalue weighted by Crippen LogP contribution is 2.43. The molecular weight excluding hydrogens is 324 g/mol. The monoisotopic (exact) mass is 354 g/mol. The first-order valence-corrected chi connectivity index (χ1v) is 10.1. The van der Waals surface area contributed by atoms with Gasteiger partial charge in [-0.05, 0) is 43.7 Å². The topological polar surface area (TPSA) is 57.8 Å².